The molecule has 0 aliphatic carbocycles. The Hall–Kier alpha value is -1.18. The summed E-state index contributed by atoms with van der Waals surface area (Å²) in [5.41, 5.74) is 2.82. The average molecular weight is 475 g/mol. The molecule has 1 aromatic rings. The first-order valence-corrected chi connectivity index (χ1v) is 14.7. The van der Waals surface area contributed by atoms with E-state index in [1.54, 1.807) is 0 Å². The van der Waals surface area contributed by atoms with Gasteiger partial charge in [-0.25, -0.2) is 0 Å². The molecule has 0 saturated carbocycles. The van der Waals surface area contributed by atoms with E-state index in [0.717, 1.165) is 50.4 Å². The predicted octanol–water partition coefficient (Wildman–Crippen LogP) is 10.5. The molecule has 0 radical (unpaired) electrons. The van der Waals surface area contributed by atoms with E-state index < -0.39 is 0 Å². The van der Waals surface area contributed by atoms with E-state index in [4.69, 9.17) is 9.47 Å². The van der Waals surface area contributed by atoms with E-state index in [-0.39, 0.29) is 10.8 Å². The van der Waals surface area contributed by atoms with Crippen LogP contribution in [0, 0.1) is 0 Å². The van der Waals surface area contributed by atoms with E-state index in [9.17, 15) is 0 Å². The fourth-order valence-electron chi connectivity index (χ4n) is 4.63. The molecule has 0 heterocycles. The van der Waals surface area contributed by atoms with Crippen molar-refractivity contribution in [3.05, 3.63) is 23.3 Å². The average Bonchev–Trinajstić information content (AvgIpc) is 2.82. The van der Waals surface area contributed by atoms with Gasteiger partial charge >= 0.3 is 0 Å². The van der Waals surface area contributed by atoms with E-state index >= 15 is 0 Å². The molecule has 0 spiro atoms. The summed E-state index contributed by atoms with van der Waals surface area (Å²) in [5.74, 6) is 2.15. The Labute approximate surface area is 213 Å². The number of unbranched alkanes of at least 4 members (excludes halogenated alkanes) is 10. The summed E-state index contributed by atoms with van der Waals surface area (Å²) in [6.45, 7) is 20.2. The lowest BCUT2D eigenvalue weighted by Gasteiger charge is -2.36. The summed E-state index contributed by atoms with van der Waals surface area (Å²) in [5, 5.41) is 0. The van der Waals surface area contributed by atoms with Gasteiger partial charge in [-0.2, -0.15) is 0 Å². The highest BCUT2D eigenvalue weighted by Crippen LogP contribution is 2.47. The van der Waals surface area contributed by atoms with Crippen molar-refractivity contribution in [2.75, 3.05) is 13.2 Å². The van der Waals surface area contributed by atoms with Crippen molar-refractivity contribution in [3.8, 4) is 11.5 Å². The second kappa shape index (κ2) is 16.5. The molecule has 0 atom stereocenters. The molecule has 0 fully saturated rings. The van der Waals surface area contributed by atoms with Crippen molar-refractivity contribution in [1.29, 1.82) is 0 Å². The monoisotopic (exact) mass is 474 g/mol. The van der Waals surface area contributed by atoms with Gasteiger partial charge in [-0.1, -0.05) is 120 Å². The number of hydrogen-bond donors (Lipinski definition) is 0. The molecule has 0 amide bonds. The van der Waals surface area contributed by atoms with Gasteiger partial charge in [0.2, 0.25) is 0 Å². The molecule has 1 aromatic carbocycles. The second-order valence-corrected chi connectivity index (χ2v) is 11.5. The van der Waals surface area contributed by atoms with Crippen LogP contribution in [0.15, 0.2) is 12.1 Å². The van der Waals surface area contributed by atoms with Gasteiger partial charge in [-0.15, -0.1) is 0 Å². The fourth-order valence-corrected chi connectivity index (χ4v) is 4.63. The lowest BCUT2D eigenvalue weighted by molar-refractivity contribution is 0.277. The topological polar surface area (TPSA) is 18.5 Å². The molecule has 0 aromatic heterocycles. The Bertz CT molecular complexity index is 602. The van der Waals surface area contributed by atoms with Crippen molar-refractivity contribution < 1.29 is 9.47 Å². The molecular formula is C32H58O2. The molecule has 2 heteroatoms. The molecule has 0 unspecified atom stereocenters. The molecule has 34 heavy (non-hydrogen) atoms. The standard InChI is InChI=1S/C32H58O2/c1-9-13-15-17-19-21-25-33-27-23-24-28(34-26-22-20-18-16-14-10-2)30(32(7,8)12-4)29(27)31(5,6)11-3/h23-24H,9-22,25-26H2,1-8H3. The van der Waals surface area contributed by atoms with Crippen LogP contribution >= 0.6 is 0 Å². The minimum absolute atomic E-state index is 0.0394. The van der Waals surface area contributed by atoms with Crippen LogP contribution in [0.1, 0.15) is 156 Å². The van der Waals surface area contributed by atoms with Crippen LogP contribution in [0.3, 0.4) is 0 Å². The number of hydrogen-bond acceptors (Lipinski definition) is 2. The summed E-state index contributed by atoms with van der Waals surface area (Å²) in [4.78, 5) is 0. The van der Waals surface area contributed by atoms with E-state index in [1.807, 2.05) is 0 Å². The number of benzene rings is 1. The zero-order chi connectivity index (χ0) is 25.5. The van der Waals surface area contributed by atoms with Crippen molar-refractivity contribution in [2.45, 2.75) is 156 Å². The molecule has 2 nitrogen and oxygen atoms in total. The first-order valence-electron chi connectivity index (χ1n) is 14.7. The SMILES string of the molecule is CCCCCCCCOc1ccc(OCCCCCCCC)c(C(C)(C)CC)c1C(C)(C)CC. The minimum atomic E-state index is 0.0394. The molecule has 0 bridgehead atoms. The lowest BCUT2D eigenvalue weighted by atomic mass is 9.70. The smallest absolute Gasteiger partial charge is 0.123 e. The first kappa shape index (κ1) is 30.9. The Morgan fingerprint density at radius 3 is 1.15 bits per heavy atom. The maximum Gasteiger partial charge on any atom is 0.123 e. The fraction of sp³-hybridized carbons (Fsp3) is 0.812. The largest absolute Gasteiger partial charge is 0.493 e. The normalized spacial score (nSPS) is 12.2. The van der Waals surface area contributed by atoms with Crippen LogP contribution in [-0.4, -0.2) is 13.2 Å². The second-order valence-electron chi connectivity index (χ2n) is 11.5. The highest BCUT2D eigenvalue weighted by Gasteiger charge is 2.35. The van der Waals surface area contributed by atoms with Gasteiger partial charge in [-0.3, -0.25) is 0 Å². The Morgan fingerprint density at radius 2 is 0.824 bits per heavy atom. The maximum absolute atomic E-state index is 6.49. The van der Waals surface area contributed by atoms with Gasteiger partial charge in [-0.05, 0) is 48.6 Å². The van der Waals surface area contributed by atoms with E-state index in [2.05, 4.69) is 67.5 Å². The quantitative estimate of drug-likeness (QED) is 0.175. The van der Waals surface area contributed by atoms with E-state index in [0.29, 0.717) is 0 Å². The van der Waals surface area contributed by atoms with Crippen LogP contribution in [0.4, 0.5) is 0 Å². The van der Waals surface area contributed by atoms with Gasteiger partial charge in [0.05, 0.1) is 13.2 Å². The predicted molar refractivity (Wildman–Crippen MR) is 151 cm³/mol. The third-order valence-corrected chi connectivity index (χ3v) is 7.76. The highest BCUT2D eigenvalue weighted by molar-refractivity contribution is 5.55. The summed E-state index contributed by atoms with van der Waals surface area (Å²) >= 11 is 0. The molecule has 0 N–H and O–H groups in total. The van der Waals surface area contributed by atoms with Crippen LogP contribution in [0.2, 0.25) is 0 Å². The lowest BCUT2D eigenvalue weighted by Crippen LogP contribution is -2.27. The van der Waals surface area contributed by atoms with Gasteiger partial charge in [0, 0.05) is 11.1 Å². The molecule has 0 saturated heterocycles. The van der Waals surface area contributed by atoms with Crippen LogP contribution in [0.25, 0.3) is 0 Å². The van der Waals surface area contributed by atoms with E-state index in [1.165, 1.54) is 75.3 Å². The van der Waals surface area contributed by atoms with Crippen LogP contribution < -0.4 is 9.47 Å². The molecule has 198 valence electrons. The minimum Gasteiger partial charge on any atom is -0.493 e. The van der Waals surface area contributed by atoms with Crippen LogP contribution in [-0.2, 0) is 10.8 Å². The van der Waals surface area contributed by atoms with Crippen molar-refractivity contribution >= 4 is 0 Å². The third-order valence-electron chi connectivity index (χ3n) is 7.76. The zero-order valence-electron chi connectivity index (χ0n) is 24.3. The molecule has 0 aliphatic heterocycles. The zero-order valence-corrected chi connectivity index (χ0v) is 24.3. The summed E-state index contributed by atoms with van der Waals surface area (Å²) < 4.78 is 13.0. The highest BCUT2D eigenvalue weighted by atomic mass is 16.5. The van der Waals surface area contributed by atoms with Gasteiger partial charge in [0.25, 0.3) is 0 Å². The first-order chi connectivity index (χ1) is 16.2. The summed E-state index contributed by atoms with van der Waals surface area (Å²) in [6.07, 6.45) is 17.6. The number of ether oxygens (including phenoxy) is 2. The van der Waals surface area contributed by atoms with Gasteiger partial charge in [0.1, 0.15) is 11.5 Å². The summed E-state index contributed by atoms with van der Waals surface area (Å²) in [6, 6.07) is 4.38. The summed E-state index contributed by atoms with van der Waals surface area (Å²) in [7, 11) is 0. The van der Waals surface area contributed by atoms with Gasteiger partial charge in [0.15, 0.2) is 0 Å². The molecule has 0 aliphatic rings. The van der Waals surface area contributed by atoms with Crippen LogP contribution in [0.5, 0.6) is 11.5 Å². The van der Waals surface area contributed by atoms with Gasteiger partial charge < -0.3 is 9.47 Å². The number of rotatable bonds is 20. The molecular weight excluding hydrogens is 416 g/mol. The maximum atomic E-state index is 6.49. The Morgan fingerprint density at radius 1 is 0.500 bits per heavy atom. The van der Waals surface area contributed by atoms with Crippen molar-refractivity contribution in [2.24, 2.45) is 0 Å². The van der Waals surface area contributed by atoms with Crippen molar-refractivity contribution in [3.63, 3.8) is 0 Å². The Kier molecular flexibility index (Phi) is 15.0. The van der Waals surface area contributed by atoms with Crippen molar-refractivity contribution in [1.82, 2.24) is 0 Å². The Balaban J connectivity index is 3.06. The molecule has 1 rings (SSSR count). The third kappa shape index (κ3) is 10.2.